The van der Waals surface area contributed by atoms with Gasteiger partial charge in [-0.05, 0) is 160 Å². The molecule has 12 aromatic rings. The molecule has 0 spiro atoms. The van der Waals surface area contributed by atoms with Crippen molar-refractivity contribution in [3.8, 4) is 40.2 Å². The predicted octanol–water partition coefficient (Wildman–Crippen LogP) is 15.1. The van der Waals surface area contributed by atoms with Gasteiger partial charge in [0.25, 0.3) is 17.7 Å². The lowest BCUT2D eigenvalue weighted by atomic mass is 9.94. The van der Waals surface area contributed by atoms with Crippen molar-refractivity contribution in [2.24, 2.45) is 0 Å². The Morgan fingerprint density at radius 3 is 1.04 bits per heavy atom. The molecule has 6 heterocycles. The molecule has 0 aliphatic carbocycles. The number of rotatable bonds is 22. The predicted molar refractivity (Wildman–Crippen MR) is 406 cm³/mol. The summed E-state index contributed by atoms with van der Waals surface area (Å²) < 4.78 is 148. The van der Waals surface area contributed by atoms with Crippen LogP contribution in [-0.2, 0) is 73.6 Å². The number of hydrogen-bond donors (Lipinski definition) is 1. The molecule has 9 aromatic carbocycles. The second kappa shape index (κ2) is 32.9. The van der Waals surface area contributed by atoms with E-state index in [1.807, 2.05) is 54.6 Å². The lowest BCUT2D eigenvalue weighted by molar-refractivity contribution is -0.0500. The topological polar surface area (TPSA) is 262 Å². The molecule has 584 valence electrons. The Kier molecular flexibility index (Phi) is 22.8. The van der Waals surface area contributed by atoms with Crippen molar-refractivity contribution in [2.75, 3.05) is 49.6 Å². The van der Waals surface area contributed by atoms with Gasteiger partial charge in [-0.1, -0.05) is 72.8 Å². The molecule has 3 amide bonds. The van der Waals surface area contributed by atoms with Crippen LogP contribution in [0.15, 0.2) is 182 Å². The van der Waals surface area contributed by atoms with Crippen LogP contribution < -0.4 is 32.6 Å². The molecule has 0 saturated heterocycles. The van der Waals surface area contributed by atoms with E-state index in [9.17, 15) is 63.8 Å². The summed E-state index contributed by atoms with van der Waals surface area (Å²) in [7, 11) is 4.62. The summed E-state index contributed by atoms with van der Waals surface area (Å²) in [6.45, 7) is 0.492. The highest BCUT2D eigenvalue weighted by molar-refractivity contribution is 7.88. The van der Waals surface area contributed by atoms with Gasteiger partial charge in [0.1, 0.15) is 71.1 Å². The molecule has 0 saturated carbocycles. The highest BCUT2D eigenvalue weighted by Crippen LogP contribution is 2.48. The minimum Gasteiger partial charge on any atom is -0.497 e. The number of benzene rings is 9. The van der Waals surface area contributed by atoms with Crippen molar-refractivity contribution in [3.63, 3.8) is 0 Å². The maximum Gasteiger partial charge on any atom is 0.534 e. The van der Waals surface area contributed by atoms with E-state index < -0.39 is 45.0 Å². The highest BCUT2D eigenvalue weighted by Gasteiger charge is 2.50. The molecule has 0 atom stereocenters. The number of alkyl halides is 3. The smallest absolute Gasteiger partial charge is 0.497 e. The first-order valence-electron chi connectivity index (χ1n) is 35.1. The molecule has 29 heteroatoms. The summed E-state index contributed by atoms with van der Waals surface area (Å²) in [6, 6.07) is 44.6. The minimum atomic E-state index is -6.10. The molecule has 3 aliphatic rings. The largest absolute Gasteiger partial charge is 0.534 e. The first-order chi connectivity index (χ1) is 54.6. The van der Waals surface area contributed by atoms with Gasteiger partial charge < -0.3 is 57.1 Å². The van der Waals surface area contributed by atoms with Crippen molar-refractivity contribution in [1.29, 1.82) is 0 Å². The standard InChI is InChI=1S/C29H25FN2O5.C28H22F4N2O6S.C28H23FN2O5/c1-32-15-23-24(29(34)36-3)22-13-19(12-17-4-8-20(30)9-5-17)14-31-26(22)27(25(23)28(32)33)37-16-18-6-10-21(35-2)11-7-18;1-34-14-22-23(27(34)35)26(39-15-17-5-9-20(38-2)10-6-17)24-21(25(22)40-41(36,37)28(30,31)32)12-18(13-33-24)11-16-3-7-19(29)8-4-16;1-31-14-22-23(28(33)34)21-12-18(11-16-3-7-19(29)8-4-16)13-30-25(21)26(24(22)27(31)32)36-15-17-5-9-20(35-2)10-6-17/h4-11,13-14H,12,15-16H2,1-3H3;3-10,12-13H,11,14-15H2,1-2H3;3-10,12-13H,11,14-15H2,1-2H3,(H,33,34). The van der Waals surface area contributed by atoms with Gasteiger partial charge in [-0.3, -0.25) is 29.3 Å². The summed E-state index contributed by atoms with van der Waals surface area (Å²) in [5, 5.41) is 11.0. The molecule has 3 aromatic heterocycles. The van der Waals surface area contributed by atoms with Gasteiger partial charge >= 0.3 is 27.6 Å². The summed E-state index contributed by atoms with van der Waals surface area (Å²) in [5.74, 6) is -1.95. The molecule has 1 N–H and O–H groups in total. The number of carbonyl (C=O) groups is 5. The Labute approximate surface area is 648 Å². The van der Waals surface area contributed by atoms with Crippen molar-refractivity contribution < 1.29 is 101 Å². The molecule has 15 rings (SSSR count). The molecule has 0 radical (unpaired) electrons. The number of carboxylic acids is 1. The zero-order chi connectivity index (χ0) is 81.0. The number of aromatic carboxylic acids is 1. The number of methoxy groups -OCH3 is 4. The quantitative estimate of drug-likeness (QED) is 0.0286. The number of carboxylic acid groups (broad SMARTS) is 1. The third kappa shape index (κ3) is 16.5. The number of ether oxygens (including phenoxy) is 7. The highest BCUT2D eigenvalue weighted by atomic mass is 32.2. The van der Waals surface area contributed by atoms with Crippen LogP contribution in [0.4, 0.5) is 26.3 Å². The van der Waals surface area contributed by atoms with E-state index >= 15 is 0 Å². The lowest BCUT2D eigenvalue weighted by Gasteiger charge is -2.18. The summed E-state index contributed by atoms with van der Waals surface area (Å²) in [4.78, 5) is 82.5. The number of aromatic nitrogens is 3. The first-order valence-corrected chi connectivity index (χ1v) is 36.5. The van der Waals surface area contributed by atoms with Gasteiger partial charge in [-0.2, -0.15) is 21.6 Å². The van der Waals surface area contributed by atoms with Crippen LogP contribution in [0.3, 0.4) is 0 Å². The van der Waals surface area contributed by atoms with Gasteiger partial charge in [0, 0.05) is 85.7 Å². The van der Waals surface area contributed by atoms with E-state index in [0.29, 0.717) is 90.8 Å². The number of pyridine rings is 3. The Bertz CT molecular complexity index is 5870. The van der Waals surface area contributed by atoms with Crippen molar-refractivity contribution in [1.82, 2.24) is 29.7 Å². The van der Waals surface area contributed by atoms with E-state index in [2.05, 4.69) is 15.0 Å². The molecular weight excluding hydrogens is 1510 g/mol. The van der Waals surface area contributed by atoms with Crippen LogP contribution in [0.5, 0.6) is 40.2 Å². The molecule has 0 bridgehead atoms. The number of esters is 1. The molecule has 3 aliphatic heterocycles. The van der Waals surface area contributed by atoms with E-state index in [1.54, 1.807) is 95.3 Å². The Hall–Kier alpha value is -13.3. The number of nitrogens with zero attached hydrogens (tertiary/aromatic N) is 6. The maximum atomic E-state index is 13.4. The normalized spacial score (nSPS) is 12.9. The fourth-order valence-electron chi connectivity index (χ4n) is 13.6. The molecule has 114 heavy (non-hydrogen) atoms. The third-order valence-corrected chi connectivity index (χ3v) is 20.2. The number of amides is 3. The van der Waals surface area contributed by atoms with E-state index in [1.165, 1.54) is 96.8 Å². The van der Waals surface area contributed by atoms with Gasteiger partial charge in [-0.15, -0.1) is 0 Å². The van der Waals surface area contributed by atoms with Crippen LogP contribution in [-0.4, -0.2) is 128 Å². The Morgan fingerprint density at radius 2 is 0.719 bits per heavy atom. The summed E-state index contributed by atoms with van der Waals surface area (Å²) in [6.07, 6.45) is 5.87. The van der Waals surface area contributed by atoms with Crippen LogP contribution in [0, 0.1) is 17.5 Å². The number of halogens is 6. The Balaban J connectivity index is 0.000000150. The fraction of sp³-hybridized carbons (Fsp3) is 0.200. The van der Waals surface area contributed by atoms with Crippen LogP contribution in [0.25, 0.3) is 32.7 Å². The lowest BCUT2D eigenvalue weighted by Crippen LogP contribution is -2.28. The van der Waals surface area contributed by atoms with E-state index in [-0.39, 0.29) is 114 Å². The van der Waals surface area contributed by atoms with Gasteiger partial charge in [0.2, 0.25) is 0 Å². The molecule has 22 nitrogen and oxygen atoms in total. The molecular formula is C85H70F6N6O16S. The van der Waals surface area contributed by atoms with E-state index in [0.717, 1.165) is 39.1 Å². The molecule has 0 fully saturated rings. The van der Waals surface area contributed by atoms with Crippen molar-refractivity contribution >= 4 is 72.5 Å². The Morgan fingerprint density at radius 1 is 0.421 bits per heavy atom. The van der Waals surface area contributed by atoms with Crippen LogP contribution in [0.2, 0.25) is 0 Å². The van der Waals surface area contributed by atoms with Gasteiger partial charge in [0.05, 0.1) is 62.8 Å². The SMILES string of the molecule is COC(=O)c1c2c(c(OCc3ccc(OC)cc3)c3ncc(Cc4ccc(F)cc4)cc13)C(=O)N(C)C2.COc1ccc(COc2c3c(c(C(=O)O)c4cc(Cc5ccc(F)cc5)cnc24)CN(C)C3=O)cc1.COc1ccc(COc2c3c(c(OS(=O)(=O)C(F)(F)F)c4cc(Cc5ccc(F)cc5)cnc24)CN(C)C3=O)cc1. The van der Waals surface area contributed by atoms with Crippen molar-refractivity contribution in [3.05, 3.63) is 294 Å². The monoisotopic (exact) mass is 1580 g/mol. The van der Waals surface area contributed by atoms with Gasteiger partial charge in [0.15, 0.2) is 23.0 Å². The summed E-state index contributed by atoms with van der Waals surface area (Å²) in [5.41, 5.74) is 3.49. The average Bonchev–Trinajstić information content (AvgIpc) is 1.52. The maximum absolute atomic E-state index is 13.4. The van der Waals surface area contributed by atoms with Crippen LogP contribution >= 0.6 is 0 Å². The number of fused-ring (bicyclic) bond motifs is 6. The third-order valence-electron chi connectivity index (χ3n) is 19.3. The zero-order valence-electron chi connectivity index (χ0n) is 62.1. The number of hydrogen-bond acceptors (Lipinski definition) is 18. The minimum absolute atomic E-state index is 0.0229. The first kappa shape index (κ1) is 78.8. The summed E-state index contributed by atoms with van der Waals surface area (Å²) >= 11 is 0. The van der Waals surface area contributed by atoms with Gasteiger partial charge in [-0.25, -0.2) is 22.8 Å². The van der Waals surface area contributed by atoms with E-state index in [4.69, 9.17) is 37.3 Å². The van der Waals surface area contributed by atoms with Crippen molar-refractivity contribution in [2.45, 2.75) is 64.2 Å². The second-order valence-electron chi connectivity index (χ2n) is 26.9. The molecule has 0 unspecified atom stereocenters. The number of carbonyl (C=O) groups excluding carboxylic acids is 4. The van der Waals surface area contributed by atoms with Crippen LogP contribution in [0.1, 0.15) is 119 Å². The zero-order valence-corrected chi connectivity index (χ0v) is 62.9. The fourth-order valence-corrected chi connectivity index (χ4v) is 14.1. The average molecular weight is 1580 g/mol. The second-order valence-corrected chi connectivity index (χ2v) is 28.5.